The molecule has 11 aromatic rings. The lowest BCUT2D eigenvalue weighted by molar-refractivity contribution is 0.667. The molecule has 0 saturated heterocycles. The van der Waals surface area contributed by atoms with Crippen LogP contribution in [0.4, 0.5) is 0 Å². The van der Waals surface area contributed by atoms with Gasteiger partial charge in [-0.25, -0.2) is 0 Å². The van der Waals surface area contributed by atoms with Gasteiger partial charge in [0, 0.05) is 44.8 Å². The summed E-state index contributed by atoms with van der Waals surface area (Å²) in [5, 5.41) is 8.58. The molecule has 1 aliphatic heterocycles. The van der Waals surface area contributed by atoms with E-state index in [4.69, 9.17) is 4.99 Å². The highest BCUT2D eigenvalue weighted by Crippen LogP contribution is 2.39. The molecule has 0 fully saturated rings. The van der Waals surface area contributed by atoms with Crippen LogP contribution in [-0.4, -0.2) is 15.3 Å². The van der Waals surface area contributed by atoms with Crippen LogP contribution in [0.25, 0.3) is 94.1 Å². The second-order valence-electron chi connectivity index (χ2n) is 16.0. The SMILES string of the molecule is C1=NC(c2ccc(-n3c4ccc(-c5ccccc5)cc4c4cc(-c5cccc(-c6ccc7c(c6)c6ccccc6n7-c6ccccc6)c5)ccc43)cc2)NC(c2ccccc2)=C1. The minimum absolute atomic E-state index is 0.161. The van der Waals surface area contributed by atoms with E-state index in [1.54, 1.807) is 0 Å². The summed E-state index contributed by atoms with van der Waals surface area (Å²) in [5.74, 6) is 0. The molecule has 1 N–H and O–H groups in total. The molecule has 62 heavy (non-hydrogen) atoms. The number of hydrogen-bond acceptors (Lipinski definition) is 2. The maximum atomic E-state index is 4.79. The quantitative estimate of drug-likeness (QED) is 0.171. The first kappa shape index (κ1) is 35.7. The second-order valence-corrected chi connectivity index (χ2v) is 16.0. The Morgan fingerprint density at radius 2 is 0.790 bits per heavy atom. The molecule has 12 rings (SSSR count). The van der Waals surface area contributed by atoms with Gasteiger partial charge in [0.05, 0.1) is 22.1 Å². The number of nitrogens with zero attached hydrogens (tertiary/aromatic N) is 3. The van der Waals surface area contributed by atoms with Gasteiger partial charge in [-0.15, -0.1) is 0 Å². The molecular formula is C58H40N4. The third-order valence-corrected chi connectivity index (χ3v) is 12.4. The van der Waals surface area contributed by atoms with Gasteiger partial charge in [0.15, 0.2) is 0 Å². The first-order chi connectivity index (χ1) is 30.7. The molecule has 0 spiro atoms. The fraction of sp³-hybridized carbons (Fsp3) is 0.0172. The van der Waals surface area contributed by atoms with Crippen molar-refractivity contribution in [1.82, 2.24) is 14.5 Å². The second kappa shape index (κ2) is 14.8. The van der Waals surface area contributed by atoms with Gasteiger partial charge in [-0.1, -0.05) is 146 Å². The van der Waals surface area contributed by atoms with Crippen molar-refractivity contribution < 1.29 is 0 Å². The predicted octanol–water partition coefficient (Wildman–Crippen LogP) is 14.6. The molecule has 1 unspecified atom stereocenters. The summed E-state index contributed by atoms with van der Waals surface area (Å²) in [4.78, 5) is 4.79. The van der Waals surface area contributed by atoms with Gasteiger partial charge in [-0.3, -0.25) is 4.99 Å². The van der Waals surface area contributed by atoms with E-state index in [9.17, 15) is 0 Å². The molecule has 0 amide bonds. The summed E-state index contributed by atoms with van der Waals surface area (Å²) in [7, 11) is 0. The first-order valence-electron chi connectivity index (χ1n) is 21.2. The molecule has 0 saturated carbocycles. The summed E-state index contributed by atoms with van der Waals surface area (Å²) in [6, 6.07) is 79.0. The van der Waals surface area contributed by atoms with Crippen molar-refractivity contribution in [3.8, 4) is 44.8 Å². The van der Waals surface area contributed by atoms with Crippen LogP contribution in [0.15, 0.2) is 229 Å². The van der Waals surface area contributed by atoms with Crippen LogP contribution < -0.4 is 5.32 Å². The van der Waals surface area contributed by atoms with Crippen LogP contribution >= 0.6 is 0 Å². The number of para-hydroxylation sites is 2. The maximum absolute atomic E-state index is 4.79. The third-order valence-electron chi connectivity index (χ3n) is 12.4. The Balaban J connectivity index is 0.940. The van der Waals surface area contributed by atoms with Crippen molar-refractivity contribution >= 4 is 55.5 Å². The minimum Gasteiger partial charge on any atom is -0.360 e. The van der Waals surface area contributed by atoms with Crippen molar-refractivity contribution in [2.24, 2.45) is 4.99 Å². The number of rotatable bonds is 7. The summed E-state index contributed by atoms with van der Waals surface area (Å²) >= 11 is 0. The molecule has 9 aromatic carbocycles. The van der Waals surface area contributed by atoms with Crippen LogP contribution in [0.2, 0.25) is 0 Å². The third kappa shape index (κ3) is 6.12. The van der Waals surface area contributed by atoms with Crippen molar-refractivity contribution in [3.63, 3.8) is 0 Å². The predicted molar refractivity (Wildman–Crippen MR) is 260 cm³/mol. The lowest BCUT2D eigenvalue weighted by atomic mass is 9.96. The maximum Gasteiger partial charge on any atom is 0.144 e. The van der Waals surface area contributed by atoms with Gasteiger partial charge in [-0.05, 0) is 123 Å². The molecule has 0 radical (unpaired) electrons. The van der Waals surface area contributed by atoms with Crippen LogP contribution in [0.1, 0.15) is 17.3 Å². The molecule has 4 heteroatoms. The zero-order valence-electron chi connectivity index (χ0n) is 33.9. The Morgan fingerprint density at radius 1 is 0.339 bits per heavy atom. The van der Waals surface area contributed by atoms with E-state index in [-0.39, 0.29) is 6.17 Å². The first-order valence-corrected chi connectivity index (χ1v) is 21.2. The van der Waals surface area contributed by atoms with E-state index in [1.807, 2.05) is 18.4 Å². The van der Waals surface area contributed by atoms with Crippen LogP contribution in [-0.2, 0) is 0 Å². The highest BCUT2D eigenvalue weighted by Gasteiger charge is 2.19. The highest BCUT2D eigenvalue weighted by molar-refractivity contribution is 6.12. The number of fused-ring (bicyclic) bond motifs is 6. The van der Waals surface area contributed by atoms with E-state index in [2.05, 4.69) is 227 Å². The fourth-order valence-corrected chi connectivity index (χ4v) is 9.39. The van der Waals surface area contributed by atoms with Gasteiger partial charge in [0.2, 0.25) is 0 Å². The molecular weight excluding hydrogens is 753 g/mol. The summed E-state index contributed by atoms with van der Waals surface area (Å²) in [6.45, 7) is 0. The molecule has 4 nitrogen and oxygen atoms in total. The van der Waals surface area contributed by atoms with E-state index >= 15 is 0 Å². The van der Waals surface area contributed by atoms with Crippen molar-refractivity contribution in [2.45, 2.75) is 6.17 Å². The number of nitrogens with one attached hydrogen (secondary N) is 1. The number of allylic oxidation sites excluding steroid dienone is 1. The Bertz CT molecular complexity index is 3520. The normalized spacial score (nSPS) is 13.8. The molecule has 292 valence electrons. The molecule has 2 aromatic heterocycles. The van der Waals surface area contributed by atoms with Crippen molar-refractivity contribution in [3.05, 3.63) is 236 Å². The van der Waals surface area contributed by atoms with Gasteiger partial charge in [0.1, 0.15) is 6.17 Å². The monoisotopic (exact) mass is 792 g/mol. The van der Waals surface area contributed by atoms with Gasteiger partial charge < -0.3 is 14.5 Å². The average Bonchev–Trinajstić information content (AvgIpc) is 3.87. The smallest absolute Gasteiger partial charge is 0.144 e. The molecule has 1 atom stereocenters. The van der Waals surface area contributed by atoms with E-state index in [1.165, 1.54) is 82.7 Å². The Kier molecular flexibility index (Phi) is 8.53. The zero-order chi connectivity index (χ0) is 41.0. The highest BCUT2D eigenvalue weighted by atomic mass is 15.1. The standard InChI is InChI=1S/C58H40N4/c1-4-13-39(14-5-1)44-25-30-56-51(36-44)52-38-46(27-32-57(52)62(56)48-28-23-41(24-29-48)58-59-34-33-53(60-58)40-15-6-2-7-16-40)43-18-12-17-42(35-43)45-26-31-55-50(37-45)49-21-10-11-22-54(49)61(55)47-19-8-3-9-20-47/h1-38,58,60H. The molecule has 3 heterocycles. The van der Waals surface area contributed by atoms with Crippen LogP contribution in [0.3, 0.4) is 0 Å². The van der Waals surface area contributed by atoms with Gasteiger partial charge in [0.25, 0.3) is 0 Å². The number of benzene rings is 9. The van der Waals surface area contributed by atoms with Crippen LogP contribution in [0, 0.1) is 0 Å². The summed E-state index contributed by atoms with van der Waals surface area (Å²) < 4.78 is 4.77. The Morgan fingerprint density at radius 3 is 1.40 bits per heavy atom. The zero-order valence-corrected chi connectivity index (χ0v) is 33.9. The van der Waals surface area contributed by atoms with Crippen molar-refractivity contribution in [2.75, 3.05) is 0 Å². The number of aromatic nitrogens is 2. The topological polar surface area (TPSA) is 34.2 Å². The fourth-order valence-electron chi connectivity index (χ4n) is 9.39. The van der Waals surface area contributed by atoms with Gasteiger partial charge >= 0.3 is 0 Å². The van der Waals surface area contributed by atoms with Crippen LogP contribution in [0.5, 0.6) is 0 Å². The molecule has 0 bridgehead atoms. The average molecular weight is 793 g/mol. The van der Waals surface area contributed by atoms with E-state index < -0.39 is 0 Å². The summed E-state index contributed by atoms with van der Waals surface area (Å²) in [6.07, 6.45) is 3.79. The minimum atomic E-state index is -0.161. The Labute approximate surface area is 360 Å². The lowest BCUT2D eigenvalue weighted by Crippen LogP contribution is -2.21. The number of hydrogen-bond donors (Lipinski definition) is 1. The molecule has 0 aliphatic carbocycles. The largest absolute Gasteiger partial charge is 0.360 e. The van der Waals surface area contributed by atoms with Crippen molar-refractivity contribution in [1.29, 1.82) is 0 Å². The van der Waals surface area contributed by atoms with E-state index in [0.717, 1.165) is 22.5 Å². The van der Waals surface area contributed by atoms with Gasteiger partial charge in [-0.2, -0.15) is 0 Å². The summed E-state index contributed by atoms with van der Waals surface area (Å²) in [5.41, 5.74) is 17.5. The number of aliphatic imine (C=N–C) groups is 1. The van der Waals surface area contributed by atoms with E-state index in [0.29, 0.717) is 0 Å². The lowest BCUT2D eigenvalue weighted by Gasteiger charge is -2.22. The Hall–Kier alpha value is -8.21. The molecule has 1 aliphatic rings.